The molecule has 0 aliphatic carbocycles. The van der Waals surface area contributed by atoms with Gasteiger partial charge in [-0.1, -0.05) is 18.2 Å². The number of ether oxygens (including phenoxy) is 1. The fraction of sp³-hybridized carbons (Fsp3) is 0.292. The molecule has 0 amide bonds. The molecule has 0 radical (unpaired) electrons. The van der Waals surface area contributed by atoms with Gasteiger partial charge in [0.1, 0.15) is 29.5 Å². The fourth-order valence-electron chi connectivity index (χ4n) is 3.90. The van der Waals surface area contributed by atoms with E-state index >= 15 is 0 Å². The van der Waals surface area contributed by atoms with E-state index < -0.39 is 10.0 Å². The van der Waals surface area contributed by atoms with Crippen LogP contribution >= 0.6 is 0 Å². The van der Waals surface area contributed by atoms with E-state index in [1.165, 1.54) is 10.6 Å². The van der Waals surface area contributed by atoms with E-state index in [-0.39, 0.29) is 23.3 Å². The Morgan fingerprint density at radius 1 is 1.15 bits per heavy atom. The first kappa shape index (κ1) is 23.7. The molecule has 0 spiro atoms. The van der Waals surface area contributed by atoms with Crippen LogP contribution in [0.25, 0.3) is 0 Å². The van der Waals surface area contributed by atoms with Gasteiger partial charge >= 0.3 is 0 Å². The van der Waals surface area contributed by atoms with Gasteiger partial charge in [-0.3, -0.25) is 5.41 Å². The van der Waals surface area contributed by atoms with Crippen LogP contribution in [-0.2, 0) is 10.0 Å². The van der Waals surface area contributed by atoms with Gasteiger partial charge < -0.3 is 15.8 Å². The zero-order valence-electron chi connectivity index (χ0n) is 18.9. The van der Waals surface area contributed by atoms with Gasteiger partial charge in [-0.05, 0) is 56.2 Å². The Labute approximate surface area is 199 Å². The van der Waals surface area contributed by atoms with Crippen molar-refractivity contribution in [2.45, 2.75) is 25.8 Å². The van der Waals surface area contributed by atoms with Crippen molar-refractivity contribution in [1.29, 1.82) is 5.41 Å². The van der Waals surface area contributed by atoms with E-state index in [0.29, 0.717) is 35.8 Å². The average molecular weight is 481 g/mol. The van der Waals surface area contributed by atoms with Crippen LogP contribution in [-0.4, -0.2) is 53.3 Å². The summed E-state index contributed by atoms with van der Waals surface area (Å²) in [4.78, 5) is 8.40. The highest BCUT2D eigenvalue weighted by Crippen LogP contribution is 2.27. The topological polar surface area (TPSA) is 134 Å². The summed E-state index contributed by atoms with van der Waals surface area (Å²) in [6.45, 7) is 2.51. The lowest BCUT2D eigenvalue weighted by atomic mass is 10.0. The summed E-state index contributed by atoms with van der Waals surface area (Å²) in [6, 6.07) is 16.5. The minimum atomic E-state index is -3.27. The summed E-state index contributed by atoms with van der Waals surface area (Å²) in [6.07, 6.45) is 2.87. The van der Waals surface area contributed by atoms with Crippen molar-refractivity contribution >= 4 is 27.4 Å². The first-order valence-corrected chi connectivity index (χ1v) is 12.8. The summed E-state index contributed by atoms with van der Waals surface area (Å²) in [5.74, 6) is 2.05. The van der Waals surface area contributed by atoms with Gasteiger partial charge in [0.15, 0.2) is 0 Å². The molecule has 2 aromatic carbocycles. The molecule has 4 rings (SSSR count). The van der Waals surface area contributed by atoms with Crippen LogP contribution in [0.4, 0.5) is 11.6 Å². The number of nitrogens with one attached hydrogen (secondary N) is 2. The molecule has 9 nitrogen and oxygen atoms in total. The number of anilines is 2. The first-order chi connectivity index (χ1) is 16.4. The fourth-order valence-corrected chi connectivity index (χ4v) is 5.08. The second-order valence-electron chi connectivity index (χ2n) is 8.04. The van der Waals surface area contributed by atoms with Gasteiger partial charge in [-0.15, -0.1) is 0 Å². The van der Waals surface area contributed by atoms with Gasteiger partial charge in [0, 0.05) is 24.7 Å². The van der Waals surface area contributed by atoms with E-state index in [1.807, 2.05) is 30.3 Å². The highest BCUT2D eigenvalue weighted by Gasteiger charge is 2.29. The molecule has 1 aromatic heterocycles. The predicted octanol–water partition coefficient (Wildman–Crippen LogP) is 3.49. The Morgan fingerprint density at radius 2 is 1.85 bits per heavy atom. The molecule has 4 N–H and O–H groups in total. The van der Waals surface area contributed by atoms with Crippen molar-refractivity contribution in [2.24, 2.45) is 0 Å². The number of benzene rings is 2. The summed E-state index contributed by atoms with van der Waals surface area (Å²) < 4.78 is 32.0. The zero-order chi connectivity index (χ0) is 24.1. The molecule has 1 fully saturated rings. The normalized spacial score (nSPS) is 16.7. The lowest BCUT2D eigenvalue weighted by Gasteiger charge is -2.32. The third kappa shape index (κ3) is 5.35. The molecule has 1 atom stereocenters. The number of hydrogen-bond acceptors (Lipinski definition) is 8. The van der Waals surface area contributed by atoms with Crippen molar-refractivity contribution in [2.75, 3.05) is 29.9 Å². The van der Waals surface area contributed by atoms with Crippen molar-refractivity contribution in [3.8, 4) is 11.5 Å². The van der Waals surface area contributed by atoms with Crippen LogP contribution in [0.2, 0.25) is 0 Å². The Bertz CT molecular complexity index is 1250. The first-order valence-electron chi connectivity index (χ1n) is 11.1. The smallest absolute Gasteiger partial charge is 0.213 e. The van der Waals surface area contributed by atoms with Gasteiger partial charge in [-0.2, -0.15) is 4.31 Å². The SMILES string of the molecule is CCS(=O)(=O)N1CCCC(Nc2ncnc(N)c2C(=N)c2ccc(Oc3ccccc3)cc2)C1. The maximum absolute atomic E-state index is 12.3. The Hall–Kier alpha value is -3.50. The van der Waals surface area contributed by atoms with Gasteiger partial charge in [-0.25, -0.2) is 18.4 Å². The highest BCUT2D eigenvalue weighted by molar-refractivity contribution is 7.89. The van der Waals surface area contributed by atoms with Crippen LogP contribution in [0.3, 0.4) is 0 Å². The monoisotopic (exact) mass is 480 g/mol. The number of piperidine rings is 1. The number of nitrogens with two attached hydrogens (primary N) is 1. The minimum absolute atomic E-state index is 0.0695. The number of sulfonamides is 1. The van der Waals surface area contributed by atoms with Gasteiger partial charge in [0.05, 0.1) is 17.0 Å². The molecule has 1 unspecified atom stereocenters. The summed E-state index contributed by atoms with van der Waals surface area (Å²) in [7, 11) is -3.27. The molecule has 1 aliphatic rings. The highest BCUT2D eigenvalue weighted by atomic mass is 32.2. The van der Waals surface area contributed by atoms with Crippen LogP contribution < -0.4 is 15.8 Å². The summed E-state index contributed by atoms with van der Waals surface area (Å²) >= 11 is 0. The molecule has 3 aromatic rings. The third-order valence-electron chi connectivity index (χ3n) is 5.73. The van der Waals surface area contributed by atoms with Crippen LogP contribution in [0.5, 0.6) is 11.5 Å². The predicted molar refractivity (Wildman–Crippen MR) is 133 cm³/mol. The molecular formula is C24H28N6O3S. The summed E-state index contributed by atoms with van der Waals surface area (Å²) in [5.41, 5.74) is 7.33. The number of para-hydroxylation sites is 1. The van der Waals surface area contributed by atoms with Crippen molar-refractivity contribution in [3.63, 3.8) is 0 Å². The van der Waals surface area contributed by atoms with E-state index in [1.54, 1.807) is 31.2 Å². The van der Waals surface area contributed by atoms with Crippen molar-refractivity contribution in [1.82, 2.24) is 14.3 Å². The average Bonchev–Trinajstić information content (AvgIpc) is 2.85. The van der Waals surface area contributed by atoms with Crippen molar-refractivity contribution in [3.05, 3.63) is 72.1 Å². The van der Waals surface area contributed by atoms with E-state index in [4.69, 9.17) is 15.9 Å². The number of aromatic nitrogens is 2. The standard InChI is InChI=1S/C24H28N6O3S/c1-2-34(31,32)30-14-6-7-18(15-30)29-24-21(23(26)27-16-28-24)22(25)17-10-12-20(13-11-17)33-19-8-4-3-5-9-19/h3-5,8-13,16,18,25H,2,6-7,14-15H2,1H3,(H3,26,27,28,29). The maximum atomic E-state index is 12.3. The molecule has 34 heavy (non-hydrogen) atoms. The lowest BCUT2D eigenvalue weighted by molar-refractivity contribution is 0.327. The second kappa shape index (κ2) is 10.2. The quantitative estimate of drug-likeness (QED) is 0.420. The largest absolute Gasteiger partial charge is 0.457 e. The molecular weight excluding hydrogens is 452 g/mol. The molecule has 1 aliphatic heterocycles. The van der Waals surface area contributed by atoms with E-state index in [0.717, 1.165) is 18.6 Å². The minimum Gasteiger partial charge on any atom is -0.457 e. The summed E-state index contributed by atoms with van der Waals surface area (Å²) in [5, 5.41) is 12.1. The molecule has 178 valence electrons. The Balaban J connectivity index is 1.53. The van der Waals surface area contributed by atoms with Crippen LogP contribution in [0.15, 0.2) is 60.9 Å². The molecule has 0 bridgehead atoms. The Kier molecular flexibility index (Phi) is 7.09. The number of nitrogens with zero attached hydrogens (tertiary/aromatic N) is 3. The maximum Gasteiger partial charge on any atom is 0.213 e. The molecule has 2 heterocycles. The lowest BCUT2D eigenvalue weighted by Crippen LogP contribution is -2.45. The second-order valence-corrected chi connectivity index (χ2v) is 10.3. The third-order valence-corrected chi connectivity index (χ3v) is 7.58. The van der Waals surface area contributed by atoms with Crippen LogP contribution in [0.1, 0.15) is 30.9 Å². The number of rotatable bonds is 8. The van der Waals surface area contributed by atoms with E-state index in [2.05, 4.69) is 15.3 Å². The Morgan fingerprint density at radius 3 is 2.56 bits per heavy atom. The van der Waals surface area contributed by atoms with Gasteiger partial charge in [0.2, 0.25) is 10.0 Å². The van der Waals surface area contributed by atoms with Crippen molar-refractivity contribution < 1.29 is 13.2 Å². The molecule has 1 saturated heterocycles. The zero-order valence-corrected chi connectivity index (χ0v) is 19.8. The molecule has 10 heteroatoms. The number of nitrogen functional groups attached to an aromatic ring is 1. The molecule has 0 saturated carbocycles. The van der Waals surface area contributed by atoms with E-state index in [9.17, 15) is 8.42 Å². The van der Waals surface area contributed by atoms with Crippen LogP contribution in [0, 0.1) is 5.41 Å². The number of hydrogen-bond donors (Lipinski definition) is 3. The van der Waals surface area contributed by atoms with Gasteiger partial charge in [0.25, 0.3) is 0 Å².